The van der Waals surface area contributed by atoms with Crippen LogP contribution in [-0.4, -0.2) is 0 Å². The van der Waals surface area contributed by atoms with Gasteiger partial charge in [-0.25, -0.2) is 4.39 Å². The largest absolute Gasteiger partial charge is 0.207 e. The van der Waals surface area contributed by atoms with Crippen LogP contribution in [0, 0.1) is 23.6 Å². The van der Waals surface area contributed by atoms with E-state index in [-0.39, 0.29) is 5.82 Å². The van der Waals surface area contributed by atoms with Crippen molar-refractivity contribution in [1.29, 1.82) is 0 Å². The van der Waals surface area contributed by atoms with E-state index in [0.717, 1.165) is 23.3 Å². The summed E-state index contributed by atoms with van der Waals surface area (Å²) in [6.07, 6.45) is 19.7. The molecular weight excluding hydrogens is 439 g/mol. The highest BCUT2D eigenvalue weighted by molar-refractivity contribution is 5.30. The monoisotopic (exact) mass is 486 g/mol. The van der Waals surface area contributed by atoms with E-state index in [4.69, 9.17) is 0 Å². The molecule has 0 aliphatic heterocycles. The van der Waals surface area contributed by atoms with Crippen LogP contribution in [0.2, 0.25) is 0 Å². The maximum absolute atomic E-state index is 15.2. The van der Waals surface area contributed by atoms with E-state index < -0.39 is 0 Å². The minimum Gasteiger partial charge on any atom is -0.207 e. The maximum atomic E-state index is 15.2. The van der Waals surface area contributed by atoms with Crippen molar-refractivity contribution in [3.63, 3.8) is 0 Å². The average molecular weight is 487 g/mol. The van der Waals surface area contributed by atoms with Gasteiger partial charge in [0.1, 0.15) is 5.82 Å². The Morgan fingerprint density at radius 2 is 1.22 bits per heavy atom. The quantitative estimate of drug-likeness (QED) is 0.341. The third-order valence-corrected chi connectivity index (χ3v) is 10.2. The lowest BCUT2D eigenvalue weighted by molar-refractivity contribution is 0.176. The van der Waals surface area contributed by atoms with Gasteiger partial charge in [-0.3, -0.25) is 0 Å². The molecule has 0 spiro atoms. The van der Waals surface area contributed by atoms with Crippen molar-refractivity contribution >= 4 is 0 Å². The van der Waals surface area contributed by atoms with E-state index in [9.17, 15) is 0 Å². The minimum absolute atomic E-state index is 0.0623. The molecule has 3 aliphatic carbocycles. The van der Waals surface area contributed by atoms with Gasteiger partial charge in [-0.2, -0.15) is 0 Å². The summed E-state index contributed by atoms with van der Waals surface area (Å²) in [4.78, 5) is 0. The number of allylic oxidation sites excluding steroid dienone is 1. The van der Waals surface area contributed by atoms with Crippen LogP contribution in [0.5, 0.6) is 0 Å². The second-order valence-corrected chi connectivity index (χ2v) is 12.3. The summed E-state index contributed by atoms with van der Waals surface area (Å²) in [5.74, 6) is 4.18. The average Bonchev–Trinajstić information content (AvgIpc) is 2.94. The van der Waals surface area contributed by atoms with E-state index in [1.807, 2.05) is 6.07 Å². The summed E-state index contributed by atoms with van der Waals surface area (Å²) in [7, 11) is 0. The van der Waals surface area contributed by atoms with Gasteiger partial charge >= 0.3 is 0 Å². The van der Waals surface area contributed by atoms with Crippen LogP contribution in [0.15, 0.2) is 55.1 Å². The Hall–Kier alpha value is -1.89. The van der Waals surface area contributed by atoms with Crippen molar-refractivity contribution < 1.29 is 4.39 Å². The zero-order valence-corrected chi connectivity index (χ0v) is 22.6. The van der Waals surface area contributed by atoms with E-state index in [0.29, 0.717) is 17.8 Å². The molecule has 3 fully saturated rings. The van der Waals surface area contributed by atoms with Gasteiger partial charge in [-0.1, -0.05) is 55.8 Å². The Balaban J connectivity index is 1.10. The van der Waals surface area contributed by atoms with Crippen LogP contribution >= 0.6 is 0 Å². The first-order chi connectivity index (χ1) is 17.6. The summed E-state index contributed by atoms with van der Waals surface area (Å²) < 4.78 is 15.2. The molecule has 0 N–H and O–H groups in total. The highest BCUT2D eigenvalue weighted by Gasteiger charge is 2.32. The predicted molar refractivity (Wildman–Crippen MR) is 151 cm³/mol. The molecule has 3 aliphatic rings. The second kappa shape index (κ2) is 12.1. The van der Waals surface area contributed by atoms with Gasteiger partial charge in [0.05, 0.1) is 0 Å². The topological polar surface area (TPSA) is 0 Å². The lowest BCUT2D eigenvalue weighted by Gasteiger charge is -2.38. The fourth-order valence-electron chi connectivity index (χ4n) is 7.89. The first-order valence-electron chi connectivity index (χ1n) is 15.1. The Labute approximate surface area is 219 Å². The van der Waals surface area contributed by atoms with Gasteiger partial charge in [-0.15, -0.1) is 6.58 Å². The van der Waals surface area contributed by atoms with Gasteiger partial charge in [0.25, 0.3) is 0 Å². The van der Waals surface area contributed by atoms with Gasteiger partial charge in [0.2, 0.25) is 0 Å². The highest BCUT2D eigenvalue weighted by atomic mass is 19.1. The second-order valence-electron chi connectivity index (χ2n) is 12.3. The zero-order valence-electron chi connectivity index (χ0n) is 22.6. The highest BCUT2D eigenvalue weighted by Crippen LogP contribution is 2.46. The molecule has 0 atom stereocenters. The van der Waals surface area contributed by atoms with Crippen molar-refractivity contribution in [3.8, 4) is 0 Å². The molecule has 36 heavy (non-hydrogen) atoms. The molecule has 0 bridgehead atoms. The predicted octanol–water partition coefficient (Wildman–Crippen LogP) is 10.5. The van der Waals surface area contributed by atoms with Crippen LogP contribution in [0.1, 0.15) is 130 Å². The summed E-state index contributed by atoms with van der Waals surface area (Å²) in [6, 6.07) is 15.8. The van der Waals surface area contributed by atoms with Gasteiger partial charge in [0, 0.05) is 0 Å². The van der Waals surface area contributed by atoms with Crippen LogP contribution < -0.4 is 0 Å². The summed E-state index contributed by atoms with van der Waals surface area (Å²) in [6.45, 7) is 6.21. The summed E-state index contributed by atoms with van der Waals surface area (Å²) in [5, 5.41) is 0. The van der Waals surface area contributed by atoms with Crippen molar-refractivity contribution in [2.45, 2.75) is 115 Å². The molecule has 194 valence electrons. The number of hydrogen-bond acceptors (Lipinski definition) is 0. The van der Waals surface area contributed by atoms with Crippen LogP contribution in [-0.2, 0) is 6.42 Å². The Bertz CT molecular complexity index is 964. The standard InChI is InChI=1S/C35H47F/c1-3-5-26-8-12-27(13-9-26)28-14-16-29(17-15-28)30-18-20-32(21-19-30)34-23-22-33(24-35(34)36)31-10-6-25(4-2)7-11-31/h4,8-9,12-13,22-25,28-32H,2-3,5-7,10-11,14-21H2,1H3. The normalized spacial score (nSPS) is 31.2. The molecule has 2 aromatic rings. The smallest absolute Gasteiger partial charge is 0.126 e. The molecule has 0 saturated heterocycles. The summed E-state index contributed by atoms with van der Waals surface area (Å²) >= 11 is 0. The van der Waals surface area contributed by atoms with Crippen LogP contribution in [0.3, 0.4) is 0 Å². The molecule has 0 amide bonds. The number of halogens is 1. The van der Waals surface area contributed by atoms with E-state index >= 15 is 4.39 Å². The van der Waals surface area contributed by atoms with Crippen molar-refractivity contribution in [2.24, 2.45) is 17.8 Å². The molecule has 1 heteroatoms. The molecule has 5 rings (SSSR count). The number of aryl methyl sites for hydroxylation is 1. The SMILES string of the molecule is C=CC1CCC(c2ccc(C3CCC(C4CCC(c5ccc(CCC)cc5)CC4)CC3)c(F)c2)CC1. The Kier molecular flexibility index (Phi) is 8.66. The number of benzene rings is 2. The lowest BCUT2D eigenvalue weighted by Crippen LogP contribution is -2.25. The van der Waals surface area contributed by atoms with Crippen LogP contribution in [0.4, 0.5) is 4.39 Å². The molecule has 0 heterocycles. The fourth-order valence-corrected chi connectivity index (χ4v) is 7.89. The third-order valence-electron chi connectivity index (χ3n) is 10.2. The minimum atomic E-state index is 0.0623. The van der Waals surface area contributed by atoms with E-state index in [2.05, 4.69) is 56.0 Å². The van der Waals surface area contributed by atoms with Gasteiger partial charge in [-0.05, 0) is 147 Å². The van der Waals surface area contributed by atoms with Gasteiger partial charge in [0.15, 0.2) is 0 Å². The zero-order chi connectivity index (χ0) is 24.9. The Morgan fingerprint density at radius 3 is 1.78 bits per heavy atom. The van der Waals surface area contributed by atoms with Gasteiger partial charge < -0.3 is 0 Å². The Morgan fingerprint density at radius 1 is 0.694 bits per heavy atom. The fraction of sp³-hybridized carbons (Fsp3) is 0.600. The van der Waals surface area contributed by atoms with E-state index in [1.54, 1.807) is 5.56 Å². The molecule has 3 saturated carbocycles. The number of hydrogen-bond donors (Lipinski definition) is 0. The van der Waals surface area contributed by atoms with E-state index in [1.165, 1.54) is 101 Å². The molecule has 2 aromatic carbocycles. The van der Waals surface area contributed by atoms with Crippen molar-refractivity contribution in [1.82, 2.24) is 0 Å². The summed E-state index contributed by atoms with van der Waals surface area (Å²) in [5.41, 5.74) is 5.26. The third kappa shape index (κ3) is 5.98. The maximum Gasteiger partial charge on any atom is 0.126 e. The molecule has 0 nitrogen and oxygen atoms in total. The van der Waals surface area contributed by atoms with Crippen molar-refractivity contribution in [2.75, 3.05) is 0 Å². The molecule has 0 radical (unpaired) electrons. The first-order valence-corrected chi connectivity index (χ1v) is 15.1. The molecule has 0 unspecified atom stereocenters. The number of rotatable bonds is 7. The first kappa shape index (κ1) is 25.7. The van der Waals surface area contributed by atoms with Crippen molar-refractivity contribution in [3.05, 3.63) is 83.2 Å². The molecule has 0 aromatic heterocycles. The van der Waals surface area contributed by atoms with Crippen LogP contribution in [0.25, 0.3) is 0 Å². The molecular formula is C35H47F. The lowest BCUT2D eigenvalue weighted by atomic mass is 9.67.